The first-order valence-corrected chi connectivity index (χ1v) is 8.18. The Morgan fingerprint density at radius 1 is 1.47 bits per heavy atom. The molecule has 1 atom stereocenters. The number of hydrogen-bond acceptors (Lipinski definition) is 4. The average Bonchev–Trinajstić information content (AvgIpc) is 3.04. The van der Waals surface area contributed by atoms with Crippen LogP contribution in [0.5, 0.6) is 0 Å². The van der Waals surface area contributed by atoms with Gasteiger partial charge in [-0.3, -0.25) is 4.90 Å². The lowest BCUT2D eigenvalue weighted by Crippen LogP contribution is -2.43. The Bertz CT molecular complexity index is 385. The van der Waals surface area contributed by atoms with Crippen LogP contribution in [0.2, 0.25) is 0 Å². The number of likely N-dealkylation sites (tertiary alicyclic amines) is 1. The number of thiophene rings is 1. The van der Waals surface area contributed by atoms with Crippen LogP contribution >= 0.6 is 11.3 Å². The molecule has 1 aromatic heterocycles. The van der Waals surface area contributed by atoms with Crippen molar-refractivity contribution < 1.29 is 9.47 Å². The zero-order valence-corrected chi connectivity index (χ0v) is 12.5. The summed E-state index contributed by atoms with van der Waals surface area (Å²) in [6.07, 6.45) is 3.73. The SMILES string of the molecule is CCO[C@@H]1COC2(CCN(Cc3cccs3)CC2)C1. The second-order valence-electron chi connectivity index (χ2n) is 5.63. The van der Waals surface area contributed by atoms with Gasteiger partial charge in [-0.25, -0.2) is 0 Å². The summed E-state index contributed by atoms with van der Waals surface area (Å²) < 4.78 is 11.8. The van der Waals surface area contributed by atoms with Gasteiger partial charge < -0.3 is 9.47 Å². The molecule has 0 aromatic carbocycles. The van der Waals surface area contributed by atoms with E-state index in [9.17, 15) is 0 Å². The summed E-state index contributed by atoms with van der Waals surface area (Å²) in [4.78, 5) is 4.02. The molecule has 3 heterocycles. The van der Waals surface area contributed by atoms with Gasteiger partial charge in [-0.15, -0.1) is 11.3 Å². The largest absolute Gasteiger partial charge is 0.376 e. The minimum atomic E-state index is 0.117. The van der Waals surface area contributed by atoms with Crippen LogP contribution < -0.4 is 0 Å². The van der Waals surface area contributed by atoms with Crippen LogP contribution in [0.4, 0.5) is 0 Å². The highest BCUT2D eigenvalue weighted by Crippen LogP contribution is 2.37. The van der Waals surface area contributed by atoms with Crippen molar-refractivity contribution >= 4 is 11.3 Å². The second kappa shape index (κ2) is 5.92. The lowest BCUT2D eigenvalue weighted by atomic mass is 9.88. The first kappa shape index (κ1) is 13.6. The van der Waals surface area contributed by atoms with E-state index in [0.717, 1.165) is 52.1 Å². The molecule has 0 unspecified atom stereocenters. The van der Waals surface area contributed by atoms with Crippen molar-refractivity contribution in [3.05, 3.63) is 22.4 Å². The van der Waals surface area contributed by atoms with Gasteiger partial charge in [-0.05, 0) is 31.2 Å². The molecule has 0 amide bonds. The van der Waals surface area contributed by atoms with Gasteiger partial charge in [0.2, 0.25) is 0 Å². The van der Waals surface area contributed by atoms with E-state index >= 15 is 0 Å². The maximum Gasteiger partial charge on any atom is 0.0836 e. The molecule has 0 saturated carbocycles. The van der Waals surface area contributed by atoms with Crippen LogP contribution in [0, 0.1) is 0 Å². The Morgan fingerprint density at radius 2 is 2.32 bits per heavy atom. The molecule has 3 rings (SSSR count). The molecule has 0 bridgehead atoms. The summed E-state index contributed by atoms with van der Waals surface area (Å²) in [6.45, 7) is 7.05. The molecule has 2 aliphatic rings. The van der Waals surface area contributed by atoms with Gasteiger partial charge in [0.15, 0.2) is 0 Å². The summed E-state index contributed by atoms with van der Waals surface area (Å²) >= 11 is 1.85. The number of hydrogen-bond donors (Lipinski definition) is 0. The zero-order valence-electron chi connectivity index (χ0n) is 11.6. The van der Waals surface area contributed by atoms with Gasteiger partial charge in [-0.2, -0.15) is 0 Å². The smallest absolute Gasteiger partial charge is 0.0836 e. The van der Waals surface area contributed by atoms with Gasteiger partial charge in [0.1, 0.15) is 0 Å². The predicted octanol–water partition coefficient (Wildman–Crippen LogP) is 2.91. The predicted molar refractivity (Wildman–Crippen MR) is 77.5 cm³/mol. The third-order valence-corrected chi connectivity index (χ3v) is 5.17. The lowest BCUT2D eigenvalue weighted by Gasteiger charge is -2.38. The number of piperidine rings is 1. The third kappa shape index (κ3) is 3.19. The molecule has 1 spiro atoms. The van der Waals surface area contributed by atoms with Crippen molar-refractivity contribution in [2.45, 2.75) is 44.4 Å². The lowest BCUT2D eigenvalue weighted by molar-refractivity contribution is -0.0463. The molecule has 106 valence electrons. The molecule has 19 heavy (non-hydrogen) atoms. The fourth-order valence-corrected chi connectivity index (χ4v) is 3.98. The van der Waals surface area contributed by atoms with E-state index in [1.165, 1.54) is 4.88 Å². The standard InChI is InChI=1S/C15H23NO2S/c1-2-17-13-10-15(18-12-13)5-7-16(8-6-15)11-14-4-3-9-19-14/h3-4,9,13H,2,5-8,10-12H2,1H3/t13-/m0/s1. The molecule has 1 aromatic rings. The number of nitrogens with zero attached hydrogens (tertiary/aromatic N) is 1. The minimum absolute atomic E-state index is 0.117. The molecular weight excluding hydrogens is 258 g/mol. The summed E-state index contributed by atoms with van der Waals surface area (Å²) in [5.74, 6) is 0. The Kier molecular flexibility index (Phi) is 4.22. The van der Waals surface area contributed by atoms with Crippen molar-refractivity contribution in [2.75, 3.05) is 26.3 Å². The van der Waals surface area contributed by atoms with E-state index in [-0.39, 0.29) is 5.60 Å². The van der Waals surface area contributed by atoms with Crippen LogP contribution in [0.3, 0.4) is 0 Å². The topological polar surface area (TPSA) is 21.7 Å². The summed E-state index contributed by atoms with van der Waals surface area (Å²) in [5, 5.41) is 2.16. The first-order valence-electron chi connectivity index (χ1n) is 7.30. The van der Waals surface area contributed by atoms with Gasteiger partial charge >= 0.3 is 0 Å². The maximum atomic E-state index is 6.08. The Labute approximate surface area is 119 Å². The van der Waals surface area contributed by atoms with Crippen molar-refractivity contribution in [3.8, 4) is 0 Å². The molecule has 2 fully saturated rings. The monoisotopic (exact) mass is 281 g/mol. The van der Waals surface area contributed by atoms with Crippen molar-refractivity contribution in [1.82, 2.24) is 4.90 Å². The van der Waals surface area contributed by atoms with Crippen LogP contribution in [-0.2, 0) is 16.0 Å². The van der Waals surface area contributed by atoms with Crippen molar-refractivity contribution in [3.63, 3.8) is 0 Å². The van der Waals surface area contributed by atoms with E-state index in [1.54, 1.807) is 0 Å². The summed E-state index contributed by atoms with van der Waals surface area (Å²) in [5.41, 5.74) is 0.117. The molecule has 4 heteroatoms. The molecular formula is C15H23NO2S. The van der Waals surface area contributed by atoms with E-state index in [1.807, 2.05) is 11.3 Å². The minimum Gasteiger partial charge on any atom is -0.376 e. The second-order valence-corrected chi connectivity index (χ2v) is 6.66. The van der Waals surface area contributed by atoms with Gasteiger partial charge in [0, 0.05) is 37.5 Å². The highest BCUT2D eigenvalue weighted by Gasteiger charge is 2.42. The Balaban J connectivity index is 1.49. The zero-order chi connectivity index (χ0) is 13.1. The third-order valence-electron chi connectivity index (χ3n) is 4.30. The Hall–Kier alpha value is -0.420. The molecule has 0 aliphatic carbocycles. The van der Waals surface area contributed by atoms with Crippen LogP contribution in [0.25, 0.3) is 0 Å². The van der Waals surface area contributed by atoms with Crippen LogP contribution in [0.1, 0.15) is 31.1 Å². The van der Waals surface area contributed by atoms with Crippen molar-refractivity contribution in [2.24, 2.45) is 0 Å². The van der Waals surface area contributed by atoms with Crippen LogP contribution in [0.15, 0.2) is 17.5 Å². The van der Waals surface area contributed by atoms with Crippen molar-refractivity contribution in [1.29, 1.82) is 0 Å². The molecule has 3 nitrogen and oxygen atoms in total. The first-order chi connectivity index (χ1) is 9.30. The van der Waals surface area contributed by atoms with Gasteiger partial charge in [-0.1, -0.05) is 6.07 Å². The maximum absolute atomic E-state index is 6.08. The summed E-state index contributed by atoms with van der Waals surface area (Å²) in [6, 6.07) is 4.37. The highest BCUT2D eigenvalue weighted by molar-refractivity contribution is 7.09. The van der Waals surface area contributed by atoms with E-state index in [2.05, 4.69) is 29.3 Å². The van der Waals surface area contributed by atoms with Crippen LogP contribution in [-0.4, -0.2) is 42.9 Å². The fourth-order valence-electron chi connectivity index (χ4n) is 3.24. The quantitative estimate of drug-likeness (QED) is 0.847. The molecule has 2 saturated heterocycles. The van der Waals surface area contributed by atoms with E-state index in [4.69, 9.17) is 9.47 Å². The van der Waals surface area contributed by atoms with Gasteiger partial charge in [0.05, 0.1) is 18.3 Å². The highest BCUT2D eigenvalue weighted by atomic mass is 32.1. The van der Waals surface area contributed by atoms with E-state index in [0.29, 0.717) is 6.10 Å². The summed E-state index contributed by atoms with van der Waals surface area (Å²) in [7, 11) is 0. The van der Waals surface area contributed by atoms with E-state index < -0.39 is 0 Å². The number of ether oxygens (including phenoxy) is 2. The fraction of sp³-hybridized carbons (Fsp3) is 0.733. The van der Waals surface area contributed by atoms with Gasteiger partial charge in [0.25, 0.3) is 0 Å². The number of rotatable bonds is 4. The molecule has 2 aliphatic heterocycles. The normalized spacial score (nSPS) is 27.1. The molecule has 0 N–H and O–H groups in total. The average molecular weight is 281 g/mol. The Morgan fingerprint density at radius 3 is 3.00 bits per heavy atom. The molecule has 0 radical (unpaired) electrons.